The van der Waals surface area contributed by atoms with Crippen LogP contribution in [0.1, 0.15) is 80.7 Å². The fraction of sp³-hybridized carbons (Fsp3) is 0.265. The van der Waals surface area contributed by atoms with Gasteiger partial charge < -0.3 is 0 Å². The molecule has 0 aliphatic carbocycles. The Morgan fingerprint density at radius 2 is 1.11 bits per heavy atom. The molecule has 0 fully saturated rings. The number of rotatable bonds is 4. The molecule has 1 unspecified atom stereocenters. The number of hydrogen-bond donors (Lipinski definition) is 0. The second kappa shape index (κ2) is 9.79. The second-order valence-electron chi connectivity index (χ2n) is 11.9. The lowest BCUT2D eigenvalue weighted by Gasteiger charge is -2.21. The molecule has 0 N–H and O–H groups in total. The van der Waals surface area contributed by atoms with Crippen LogP contribution in [0.4, 0.5) is 0 Å². The lowest BCUT2D eigenvalue weighted by Crippen LogP contribution is -2.15. The molecule has 0 bridgehead atoms. The molecule has 5 rings (SSSR count). The minimum absolute atomic E-state index is 0.0253. The van der Waals surface area contributed by atoms with Crippen LogP contribution in [0.25, 0.3) is 11.1 Å². The molecule has 37 heavy (non-hydrogen) atoms. The van der Waals surface area contributed by atoms with E-state index in [2.05, 4.69) is 139 Å². The third-order valence-electron chi connectivity index (χ3n) is 6.95. The maximum atomic E-state index is 4.92. The highest BCUT2D eigenvalue weighted by molar-refractivity contribution is 6.76. The van der Waals surface area contributed by atoms with Gasteiger partial charge in [0.1, 0.15) is 0 Å². The molecule has 0 saturated heterocycles. The molecule has 185 valence electrons. The number of benzene rings is 2. The lowest BCUT2D eigenvalue weighted by atomic mass is 9.86. The average molecular weight is 500 g/mol. The van der Waals surface area contributed by atoms with Crippen LogP contribution in [0.5, 0.6) is 0 Å². The zero-order valence-corrected chi connectivity index (χ0v) is 23.7. The number of allylic oxidation sites excluding steroid dienone is 2. The van der Waals surface area contributed by atoms with Crippen LogP contribution in [-0.2, 0) is 10.8 Å². The Kier molecular flexibility index (Phi) is 6.68. The van der Waals surface area contributed by atoms with Crippen molar-refractivity contribution >= 4 is 25.4 Å². The normalized spacial score (nSPS) is 16.2. The standard InChI is InChI=1S/C34H35N2Si/c1-33(2,3)27-19-17-25(21-35-27)31-29(23-13-9-7-10-14-23)30(24-15-11-8-12-16-24)32(37-31)26-18-20-28(36-22-26)34(4,5)6/h7-22,31H,1-6H3. The maximum absolute atomic E-state index is 4.92. The van der Waals surface area contributed by atoms with Gasteiger partial charge in [-0.1, -0.05) is 114 Å². The third-order valence-corrected chi connectivity index (χ3v) is 8.69. The van der Waals surface area contributed by atoms with E-state index in [4.69, 9.17) is 9.97 Å². The van der Waals surface area contributed by atoms with Crippen molar-refractivity contribution < 1.29 is 0 Å². The van der Waals surface area contributed by atoms with Crippen LogP contribution >= 0.6 is 0 Å². The van der Waals surface area contributed by atoms with Gasteiger partial charge in [0, 0.05) is 49.3 Å². The summed E-state index contributed by atoms with van der Waals surface area (Å²) >= 11 is 0. The van der Waals surface area contributed by atoms with Gasteiger partial charge in [0.25, 0.3) is 0 Å². The molecule has 2 aromatic carbocycles. The van der Waals surface area contributed by atoms with Gasteiger partial charge in [0.05, 0.1) is 0 Å². The minimum atomic E-state index is 0.0253. The molecule has 1 radical (unpaired) electrons. The molecule has 2 nitrogen and oxygen atoms in total. The molecule has 1 aliphatic heterocycles. The number of hydrogen-bond acceptors (Lipinski definition) is 2. The summed E-state index contributed by atoms with van der Waals surface area (Å²) in [6.45, 7) is 13.3. The maximum Gasteiger partial charge on any atom is 0.0457 e. The Morgan fingerprint density at radius 3 is 1.59 bits per heavy atom. The molecule has 0 amide bonds. The van der Waals surface area contributed by atoms with Gasteiger partial charge in [-0.3, -0.25) is 9.97 Å². The van der Waals surface area contributed by atoms with E-state index in [0.29, 0.717) is 9.13 Å². The predicted molar refractivity (Wildman–Crippen MR) is 158 cm³/mol. The van der Waals surface area contributed by atoms with Crippen molar-refractivity contribution in [3.8, 4) is 0 Å². The smallest absolute Gasteiger partial charge is 0.0457 e. The fourth-order valence-corrected chi connectivity index (χ4v) is 6.70. The highest BCUT2D eigenvalue weighted by atomic mass is 28.2. The molecule has 3 heterocycles. The summed E-state index contributed by atoms with van der Waals surface area (Å²) in [6, 6.07) is 30.7. The van der Waals surface area contributed by atoms with Crippen LogP contribution in [0, 0.1) is 0 Å². The van der Waals surface area contributed by atoms with Crippen molar-refractivity contribution in [1.29, 1.82) is 0 Å². The van der Waals surface area contributed by atoms with Gasteiger partial charge in [-0.05, 0) is 50.7 Å². The van der Waals surface area contributed by atoms with Gasteiger partial charge in [-0.2, -0.15) is 0 Å². The van der Waals surface area contributed by atoms with Crippen molar-refractivity contribution in [2.75, 3.05) is 0 Å². The van der Waals surface area contributed by atoms with E-state index in [1.165, 1.54) is 38.6 Å². The summed E-state index contributed by atoms with van der Waals surface area (Å²) in [6.07, 6.45) is 4.19. The zero-order valence-electron chi connectivity index (χ0n) is 22.7. The molecule has 4 aromatic rings. The lowest BCUT2D eigenvalue weighted by molar-refractivity contribution is 0.568. The first-order chi connectivity index (χ1) is 17.6. The van der Waals surface area contributed by atoms with E-state index < -0.39 is 0 Å². The first kappa shape index (κ1) is 25.2. The molecule has 3 heteroatoms. The van der Waals surface area contributed by atoms with E-state index in [0.717, 1.165) is 11.4 Å². The monoisotopic (exact) mass is 499 g/mol. The van der Waals surface area contributed by atoms with Crippen molar-refractivity contribution in [2.24, 2.45) is 0 Å². The van der Waals surface area contributed by atoms with E-state index in [1.807, 2.05) is 0 Å². The van der Waals surface area contributed by atoms with E-state index in [9.17, 15) is 0 Å². The van der Waals surface area contributed by atoms with Crippen LogP contribution < -0.4 is 0 Å². The summed E-state index contributed by atoms with van der Waals surface area (Å²) in [5, 5.41) is 1.38. The SMILES string of the molecule is CC(C)(C)c1ccc(C2=[Si]C(c3ccc(C(C)(C)C)nc3)C(c3ccccc3)=C2c2ccccc2)cn1. The summed E-state index contributed by atoms with van der Waals surface area (Å²) < 4.78 is 0. The molecular weight excluding hydrogens is 464 g/mol. The highest BCUT2D eigenvalue weighted by Crippen LogP contribution is 2.43. The summed E-state index contributed by atoms with van der Waals surface area (Å²) in [7, 11) is 0.587. The Morgan fingerprint density at radius 1 is 0.568 bits per heavy atom. The van der Waals surface area contributed by atoms with Crippen molar-refractivity contribution in [1.82, 2.24) is 9.97 Å². The first-order valence-electron chi connectivity index (χ1n) is 13.0. The number of nitrogens with zero attached hydrogens (tertiary/aromatic N) is 2. The molecular formula is C34H35N2Si. The van der Waals surface area contributed by atoms with Crippen molar-refractivity contribution in [2.45, 2.75) is 57.9 Å². The second-order valence-corrected chi connectivity index (χ2v) is 13.2. The quantitative estimate of drug-likeness (QED) is 0.269. The Bertz CT molecular complexity index is 1440. The Hall–Kier alpha value is -3.43. The minimum Gasteiger partial charge on any atom is -0.260 e. The van der Waals surface area contributed by atoms with Gasteiger partial charge >= 0.3 is 0 Å². The zero-order chi connectivity index (χ0) is 26.2. The van der Waals surface area contributed by atoms with E-state index in [-0.39, 0.29) is 16.4 Å². The first-order valence-corrected chi connectivity index (χ1v) is 14.1. The van der Waals surface area contributed by atoms with Crippen LogP contribution in [-0.4, -0.2) is 24.3 Å². The van der Waals surface area contributed by atoms with Gasteiger partial charge in [-0.25, -0.2) is 0 Å². The Balaban J connectivity index is 1.73. The van der Waals surface area contributed by atoms with E-state index >= 15 is 0 Å². The average Bonchev–Trinajstić information content (AvgIpc) is 3.29. The van der Waals surface area contributed by atoms with Crippen molar-refractivity contribution in [3.05, 3.63) is 131 Å². The largest absolute Gasteiger partial charge is 0.260 e. The van der Waals surface area contributed by atoms with E-state index in [1.54, 1.807) is 0 Å². The van der Waals surface area contributed by atoms with Crippen LogP contribution in [0.2, 0.25) is 0 Å². The van der Waals surface area contributed by atoms with Crippen LogP contribution in [0.3, 0.4) is 0 Å². The van der Waals surface area contributed by atoms with Gasteiger partial charge in [-0.15, -0.1) is 0 Å². The van der Waals surface area contributed by atoms with Crippen molar-refractivity contribution in [3.63, 3.8) is 0 Å². The van der Waals surface area contributed by atoms with Crippen LogP contribution in [0.15, 0.2) is 97.3 Å². The summed E-state index contributed by atoms with van der Waals surface area (Å²) in [5.41, 5.74) is 10.3. The van der Waals surface area contributed by atoms with Gasteiger partial charge in [0.15, 0.2) is 0 Å². The molecule has 1 atom stereocenters. The number of pyridine rings is 2. The molecule has 1 aliphatic rings. The Labute approximate surface area is 224 Å². The topological polar surface area (TPSA) is 25.8 Å². The highest BCUT2D eigenvalue weighted by Gasteiger charge is 2.31. The molecule has 0 saturated carbocycles. The number of aromatic nitrogens is 2. The summed E-state index contributed by atoms with van der Waals surface area (Å²) in [4.78, 5) is 9.82. The molecule has 2 aromatic heterocycles. The fourth-order valence-electron chi connectivity index (χ4n) is 4.88. The summed E-state index contributed by atoms with van der Waals surface area (Å²) in [5.74, 6) is 0. The third kappa shape index (κ3) is 5.19. The molecule has 0 spiro atoms. The predicted octanol–water partition coefficient (Wildman–Crippen LogP) is 7.66. The van der Waals surface area contributed by atoms with Gasteiger partial charge in [0.2, 0.25) is 0 Å².